The second-order valence-corrected chi connectivity index (χ2v) is 8.92. The van der Waals surface area contributed by atoms with Gasteiger partial charge in [-0.15, -0.1) is 0 Å². The van der Waals surface area contributed by atoms with Crippen LogP contribution < -0.4 is 0 Å². The number of hydrogen-bond donors (Lipinski definition) is 0. The van der Waals surface area contributed by atoms with E-state index in [0.29, 0.717) is 18.7 Å². The Bertz CT molecular complexity index is 1020. The fourth-order valence-electron chi connectivity index (χ4n) is 3.02. The van der Waals surface area contributed by atoms with E-state index in [2.05, 4.69) is 0 Å². The van der Waals surface area contributed by atoms with Gasteiger partial charge in [0.05, 0.1) is 15.5 Å². The van der Waals surface area contributed by atoms with E-state index in [1.54, 1.807) is 0 Å². The lowest BCUT2D eigenvalue weighted by Crippen LogP contribution is -2.35. The molecule has 8 nitrogen and oxygen atoms in total. The molecular weight excluding hydrogens is 420 g/mol. The third kappa shape index (κ3) is 4.92. The van der Waals surface area contributed by atoms with Gasteiger partial charge < -0.3 is 4.74 Å². The minimum atomic E-state index is -3.80. The molecular formula is C19H19ClN2O6S. The summed E-state index contributed by atoms with van der Waals surface area (Å²) in [7, 11) is -3.80. The smallest absolute Gasteiger partial charge is 0.338 e. The van der Waals surface area contributed by atoms with Crippen LogP contribution in [0.25, 0.3) is 0 Å². The molecule has 29 heavy (non-hydrogen) atoms. The van der Waals surface area contributed by atoms with Gasteiger partial charge in [-0.2, -0.15) is 4.31 Å². The maximum atomic E-state index is 12.9. The predicted octanol–water partition coefficient (Wildman–Crippen LogP) is 3.78. The van der Waals surface area contributed by atoms with Gasteiger partial charge in [-0.1, -0.05) is 18.0 Å². The van der Waals surface area contributed by atoms with Gasteiger partial charge in [-0.25, -0.2) is 13.2 Å². The molecule has 2 aromatic carbocycles. The second kappa shape index (κ2) is 8.89. The molecule has 0 aromatic heterocycles. The summed E-state index contributed by atoms with van der Waals surface area (Å²) in [4.78, 5) is 22.4. The molecule has 1 saturated heterocycles. The zero-order valence-electron chi connectivity index (χ0n) is 15.4. The molecule has 3 rings (SSSR count). The minimum Gasteiger partial charge on any atom is -0.457 e. The largest absolute Gasteiger partial charge is 0.457 e. The Morgan fingerprint density at radius 3 is 2.38 bits per heavy atom. The van der Waals surface area contributed by atoms with Crippen LogP contribution in [-0.2, 0) is 21.4 Å². The fourth-order valence-corrected chi connectivity index (χ4v) is 5.04. The summed E-state index contributed by atoms with van der Waals surface area (Å²) >= 11 is 6.10. The zero-order valence-corrected chi connectivity index (χ0v) is 17.0. The number of rotatable bonds is 6. The van der Waals surface area contributed by atoms with Gasteiger partial charge in [0.2, 0.25) is 10.0 Å². The number of carbonyl (C=O) groups is 1. The van der Waals surface area contributed by atoms with E-state index in [1.807, 2.05) is 0 Å². The third-order valence-corrected chi connectivity index (χ3v) is 7.00. The van der Waals surface area contributed by atoms with Crippen LogP contribution >= 0.6 is 11.6 Å². The molecule has 154 valence electrons. The Labute approximate surface area is 173 Å². The van der Waals surface area contributed by atoms with Gasteiger partial charge in [0, 0.05) is 25.2 Å². The van der Waals surface area contributed by atoms with Crippen LogP contribution in [0, 0.1) is 10.1 Å². The number of halogens is 1. The first kappa shape index (κ1) is 21.2. The van der Waals surface area contributed by atoms with Crippen LogP contribution in [0.5, 0.6) is 0 Å². The quantitative estimate of drug-likeness (QED) is 0.386. The predicted molar refractivity (Wildman–Crippen MR) is 106 cm³/mol. The Kier molecular flexibility index (Phi) is 6.51. The highest BCUT2D eigenvalue weighted by Gasteiger charge is 2.29. The SMILES string of the molecule is O=C(OCc1ccc([N+](=O)[O-])cc1)c1ccc(Cl)c(S(=O)(=O)N2CCCCC2)c1. The molecule has 1 fully saturated rings. The highest BCUT2D eigenvalue weighted by Crippen LogP contribution is 2.28. The molecule has 10 heteroatoms. The molecule has 1 aliphatic heterocycles. The van der Waals surface area contributed by atoms with Gasteiger partial charge in [0.25, 0.3) is 5.69 Å². The number of nitro benzene ring substituents is 1. The van der Waals surface area contributed by atoms with Crippen molar-refractivity contribution < 1.29 is 22.9 Å². The van der Waals surface area contributed by atoms with E-state index in [9.17, 15) is 23.3 Å². The Balaban J connectivity index is 1.74. The molecule has 0 spiro atoms. The number of hydrogen-bond acceptors (Lipinski definition) is 6. The van der Waals surface area contributed by atoms with Gasteiger partial charge >= 0.3 is 5.97 Å². The van der Waals surface area contributed by atoms with Crippen LogP contribution in [0.15, 0.2) is 47.4 Å². The van der Waals surface area contributed by atoms with Crippen LogP contribution in [0.1, 0.15) is 35.2 Å². The topological polar surface area (TPSA) is 107 Å². The van der Waals surface area contributed by atoms with E-state index < -0.39 is 20.9 Å². The monoisotopic (exact) mass is 438 g/mol. The average molecular weight is 439 g/mol. The average Bonchev–Trinajstić information content (AvgIpc) is 2.73. The molecule has 0 aliphatic carbocycles. The molecule has 0 amide bonds. The molecule has 0 saturated carbocycles. The summed E-state index contributed by atoms with van der Waals surface area (Å²) in [6, 6.07) is 9.59. The normalized spacial score (nSPS) is 15.1. The van der Waals surface area contributed by atoms with Gasteiger partial charge in [0.1, 0.15) is 11.5 Å². The summed E-state index contributed by atoms with van der Waals surface area (Å²) in [6.07, 6.45) is 2.55. The highest BCUT2D eigenvalue weighted by atomic mass is 35.5. The molecule has 0 N–H and O–H groups in total. The lowest BCUT2D eigenvalue weighted by molar-refractivity contribution is -0.384. The van der Waals surface area contributed by atoms with Crippen molar-refractivity contribution in [2.45, 2.75) is 30.8 Å². The Morgan fingerprint density at radius 1 is 1.10 bits per heavy atom. The number of carbonyl (C=O) groups excluding carboxylic acids is 1. The van der Waals surface area contributed by atoms with E-state index in [-0.39, 0.29) is 27.8 Å². The molecule has 0 radical (unpaired) electrons. The summed E-state index contributed by atoms with van der Waals surface area (Å²) in [5.74, 6) is -0.713. The number of non-ortho nitro benzene ring substituents is 1. The first-order chi connectivity index (χ1) is 13.8. The third-order valence-electron chi connectivity index (χ3n) is 4.62. The second-order valence-electron chi connectivity index (χ2n) is 6.61. The van der Waals surface area contributed by atoms with Crippen molar-refractivity contribution in [3.05, 3.63) is 68.7 Å². The number of benzene rings is 2. The first-order valence-electron chi connectivity index (χ1n) is 8.99. The number of nitro groups is 1. The van der Waals surface area contributed by atoms with Gasteiger partial charge in [-0.05, 0) is 48.7 Å². The van der Waals surface area contributed by atoms with Crippen molar-refractivity contribution in [1.82, 2.24) is 4.31 Å². The Hall–Kier alpha value is -2.49. The van der Waals surface area contributed by atoms with Gasteiger partial charge in [-0.3, -0.25) is 10.1 Å². The maximum absolute atomic E-state index is 12.9. The van der Waals surface area contributed by atoms with Crippen molar-refractivity contribution in [2.75, 3.05) is 13.1 Å². The summed E-state index contributed by atoms with van der Waals surface area (Å²) in [5.41, 5.74) is 0.566. The summed E-state index contributed by atoms with van der Waals surface area (Å²) < 4.78 is 32.4. The van der Waals surface area contributed by atoms with Crippen molar-refractivity contribution in [1.29, 1.82) is 0 Å². The number of piperidine rings is 1. The van der Waals surface area contributed by atoms with E-state index in [1.165, 1.54) is 46.8 Å². The first-order valence-corrected chi connectivity index (χ1v) is 10.8. The van der Waals surface area contributed by atoms with Crippen LogP contribution in [0.4, 0.5) is 5.69 Å². The Morgan fingerprint density at radius 2 is 1.76 bits per heavy atom. The minimum absolute atomic E-state index is 0.0440. The number of ether oxygens (including phenoxy) is 1. The van der Waals surface area contributed by atoms with E-state index in [4.69, 9.17) is 16.3 Å². The van der Waals surface area contributed by atoms with Gasteiger partial charge in [0.15, 0.2) is 0 Å². The number of sulfonamides is 1. The van der Waals surface area contributed by atoms with Crippen molar-refractivity contribution in [3.8, 4) is 0 Å². The number of esters is 1. The molecule has 0 unspecified atom stereocenters. The molecule has 1 heterocycles. The van der Waals surface area contributed by atoms with Crippen molar-refractivity contribution in [2.24, 2.45) is 0 Å². The molecule has 2 aromatic rings. The van der Waals surface area contributed by atoms with Crippen LogP contribution in [-0.4, -0.2) is 36.7 Å². The lowest BCUT2D eigenvalue weighted by atomic mass is 10.2. The van der Waals surface area contributed by atoms with Crippen molar-refractivity contribution >= 4 is 33.3 Å². The lowest BCUT2D eigenvalue weighted by Gasteiger charge is -2.26. The molecule has 0 bridgehead atoms. The standard InChI is InChI=1S/C19H19ClN2O6S/c20-17-9-6-15(12-18(17)29(26,27)21-10-2-1-3-11-21)19(23)28-13-14-4-7-16(8-5-14)22(24)25/h4-9,12H,1-3,10-11,13H2. The van der Waals surface area contributed by atoms with Crippen molar-refractivity contribution in [3.63, 3.8) is 0 Å². The summed E-state index contributed by atoms with van der Waals surface area (Å²) in [5, 5.41) is 10.7. The summed E-state index contributed by atoms with van der Waals surface area (Å²) in [6.45, 7) is 0.745. The molecule has 0 atom stereocenters. The van der Waals surface area contributed by atoms with Crippen LogP contribution in [0.2, 0.25) is 5.02 Å². The highest BCUT2D eigenvalue weighted by molar-refractivity contribution is 7.89. The fraction of sp³-hybridized carbons (Fsp3) is 0.316. The maximum Gasteiger partial charge on any atom is 0.338 e. The zero-order chi connectivity index (χ0) is 21.0. The molecule has 1 aliphatic rings. The number of nitrogens with zero attached hydrogens (tertiary/aromatic N) is 2. The van der Waals surface area contributed by atoms with Crippen LogP contribution in [0.3, 0.4) is 0 Å². The van der Waals surface area contributed by atoms with E-state index in [0.717, 1.165) is 19.3 Å². The van der Waals surface area contributed by atoms with E-state index >= 15 is 0 Å².